The molecule has 5 nitrogen and oxygen atoms in total. The predicted octanol–water partition coefficient (Wildman–Crippen LogP) is 4.79. The second kappa shape index (κ2) is 6.97. The van der Waals surface area contributed by atoms with E-state index >= 15 is 0 Å². The van der Waals surface area contributed by atoms with Crippen LogP contribution in [0.2, 0.25) is 0 Å². The minimum Gasteiger partial charge on any atom is -0.423 e. The molecular weight excluding hydrogens is 318 g/mol. The maximum absolute atomic E-state index is 12.2. The van der Waals surface area contributed by atoms with Crippen molar-refractivity contribution in [1.82, 2.24) is 0 Å². The second-order valence-corrected chi connectivity index (χ2v) is 5.54. The highest BCUT2D eigenvalue weighted by Crippen LogP contribution is 2.24. The van der Waals surface area contributed by atoms with Crippen LogP contribution in [0.4, 0.5) is 5.69 Å². The fraction of sp³-hybridized carbons (Fsp3) is 0.0500. The van der Waals surface area contributed by atoms with E-state index in [0.717, 1.165) is 11.1 Å². The topological polar surface area (TPSA) is 69.4 Å². The first-order valence-corrected chi connectivity index (χ1v) is 7.67. The third kappa shape index (κ3) is 3.72. The van der Waals surface area contributed by atoms with Gasteiger partial charge in [-0.05, 0) is 36.2 Å². The van der Waals surface area contributed by atoms with E-state index in [-0.39, 0.29) is 11.3 Å². The Bertz CT molecular complexity index is 918. The molecule has 0 saturated carbocycles. The van der Waals surface area contributed by atoms with Crippen molar-refractivity contribution < 1.29 is 14.5 Å². The Hall–Kier alpha value is -3.47. The van der Waals surface area contributed by atoms with Crippen LogP contribution in [0.5, 0.6) is 5.75 Å². The summed E-state index contributed by atoms with van der Waals surface area (Å²) in [4.78, 5) is 22.7. The van der Waals surface area contributed by atoms with Crippen LogP contribution in [0.25, 0.3) is 11.1 Å². The average molecular weight is 333 g/mol. The smallest absolute Gasteiger partial charge is 0.343 e. The lowest BCUT2D eigenvalue weighted by Crippen LogP contribution is -2.09. The number of hydrogen-bond donors (Lipinski definition) is 0. The zero-order valence-corrected chi connectivity index (χ0v) is 13.5. The van der Waals surface area contributed by atoms with Gasteiger partial charge < -0.3 is 4.74 Å². The lowest BCUT2D eigenvalue weighted by molar-refractivity contribution is -0.385. The Balaban J connectivity index is 1.77. The van der Waals surface area contributed by atoms with E-state index in [1.165, 1.54) is 18.2 Å². The number of ether oxygens (including phenoxy) is 1. The molecule has 0 amide bonds. The number of nitrogens with zero attached hydrogens (tertiary/aromatic N) is 1. The quantitative estimate of drug-likeness (QED) is 0.298. The highest BCUT2D eigenvalue weighted by Gasteiger charge is 2.16. The number of carbonyl (C=O) groups is 1. The van der Waals surface area contributed by atoms with Gasteiger partial charge in [-0.25, -0.2) is 4.79 Å². The molecule has 124 valence electrons. The van der Waals surface area contributed by atoms with Gasteiger partial charge in [0.25, 0.3) is 5.69 Å². The first-order valence-electron chi connectivity index (χ1n) is 7.67. The molecule has 5 heteroatoms. The van der Waals surface area contributed by atoms with Gasteiger partial charge in [-0.1, -0.05) is 48.5 Å². The van der Waals surface area contributed by atoms with Gasteiger partial charge in [0.1, 0.15) is 5.75 Å². The zero-order valence-electron chi connectivity index (χ0n) is 13.5. The molecule has 0 spiro atoms. The van der Waals surface area contributed by atoms with Crippen LogP contribution >= 0.6 is 0 Å². The highest BCUT2D eigenvalue weighted by atomic mass is 16.6. The summed E-state index contributed by atoms with van der Waals surface area (Å²) < 4.78 is 5.30. The maximum atomic E-state index is 12.2. The largest absolute Gasteiger partial charge is 0.423 e. The molecule has 0 aliphatic heterocycles. The second-order valence-electron chi connectivity index (χ2n) is 5.54. The third-order valence-electron chi connectivity index (χ3n) is 3.81. The molecule has 0 unspecified atom stereocenters. The molecule has 0 N–H and O–H groups in total. The average Bonchev–Trinajstić information content (AvgIpc) is 2.63. The monoisotopic (exact) mass is 333 g/mol. The first kappa shape index (κ1) is 16.4. The fourth-order valence-corrected chi connectivity index (χ4v) is 2.45. The van der Waals surface area contributed by atoms with E-state index in [9.17, 15) is 14.9 Å². The van der Waals surface area contributed by atoms with Crippen molar-refractivity contribution in [2.24, 2.45) is 0 Å². The summed E-state index contributed by atoms with van der Waals surface area (Å²) in [6.07, 6.45) is 0. The number of aryl methyl sites for hydroxylation is 1. The van der Waals surface area contributed by atoms with Gasteiger partial charge in [0.15, 0.2) is 0 Å². The number of nitro groups is 1. The molecular formula is C20H15NO4. The molecule has 3 rings (SSSR count). The number of rotatable bonds is 4. The Labute approximate surface area is 144 Å². The SMILES string of the molecule is Cc1ccc(C(=O)Oc2ccc(-c3ccccc3)cc2)cc1[N+](=O)[O-]. The molecule has 0 aliphatic rings. The first-order chi connectivity index (χ1) is 12.0. The molecule has 0 bridgehead atoms. The summed E-state index contributed by atoms with van der Waals surface area (Å²) in [6, 6.07) is 21.2. The summed E-state index contributed by atoms with van der Waals surface area (Å²) in [5.74, 6) is -0.247. The Morgan fingerprint density at radius 2 is 1.56 bits per heavy atom. The summed E-state index contributed by atoms with van der Waals surface area (Å²) in [7, 11) is 0. The van der Waals surface area contributed by atoms with Crippen molar-refractivity contribution in [3.63, 3.8) is 0 Å². The zero-order chi connectivity index (χ0) is 17.8. The molecule has 0 aromatic heterocycles. The summed E-state index contributed by atoms with van der Waals surface area (Å²) in [6.45, 7) is 1.62. The van der Waals surface area contributed by atoms with Crippen LogP contribution in [0, 0.1) is 17.0 Å². The highest BCUT2D eigenvalue weighted by molar-refractivity contribution is 5.92. The van der Waals surface area contributed by atoms with Gasteiger partial charge >= 0.3 is 5.97 Å². The van der Waals surface area contributed by atoms with Crippen LogP contribution < -0.4 is 4.74 Å². The van der Waals surface area contributed by atoms with Gasteiger partial charge in [0.2, 0.25) is 0 Å². The molecule has 0 heterocycles. The summed E-state index contributed by atoms with van der Waals surface area (Å²) in [5.41, 5.74) is 2.60. The van der Waals surface area contributed by atoms with Gasteiger partial charge in [-0.15, -0.1) is 0 Å². The number of carbonyl (C=O) groups excluding carboxylic acids is 1. The van der Waals surface area contributed by atoms with E-state index in [1.807, 2.05) is 42.5 Å². The van der Waals surface area contributed by atoms with Crippen LogP contribution in [0.1, 0.15) is 15.9 Å². The van der Waals surface area contributed by atoms with Crippen molar-refractivity contribution in [3.8, 4) is 16.9 Å². The standard InChI is InChI=1S/C20H15NO4/c1-14-7-8-17(13-19(14)21(23)24)20(22)25-18-11-9-16(10-12-18)15-5-3-2-4-6-15/h2-13H,1H3. The maximum Gasteiger partial charge on any atom is 0.343 e. The van der Waals surface area contributed by atoms with E-state index in [0.29, 0.717) is 11.3 Å². The molecule has 0 fully saturated rings. The molecule has 0 saturated heterocycles. The summed E-state index contributed by atoms with van der Waals surface area (Å²) in [5, 5.41) is 11.0. The summed E-state index contributed by atoms with van der Waals surface area (Å²) >= 11 is 0. The van der Waals surface area contributed by atoms with Crippen molar-refractivity contribution in [2.75, 3.05) is 0 Å². The van der Waals surface area contributed by atoms with E-state index in [1.54, 1.807) is 19.1 Å². The van der Waals surface area contributed by atoms with Crippen LogP contribution in [-0.2, 0) is 0 Å². The van der Waals surface area contributed by atoms with Crippen molar-refractivity contribution in [1.29, 1.82) is 0 Å². The number of esters is 1. The van der Waals surface area contributed by atoms with Gasteiger partial charge in [-0.3, -0.25) is 10.1 Å². The Kier molecular flexibility index (Phi) is 4.57. The predicted molar refractivity (Wildman–Crippen MR) is 94.7 cm³/mol. The molecule has 0 aliphatic carbocycles. The lowest BCUT2D eigenvalue weighted by atomic mass is 10.1. The van der Waals surface area contributed by atoms with Crippen molar-refractivity contribution >= 4 is 11.7 Å². The van der Waals surface area contributed by atoms with Gasteiger partial charge in [0.05, 0.1) is 10.5 Å². The van der Waals surface area contributed by atoms with Crippen LogP contribution in [0.15, 0.2) is 72.8 Å². The van der Waals surface area contributed by atoms with Crippen LogP contribution in [-0.4, -0.2) is 10.9 Å². The van der Waals surface area contributed by atoms with Gasteiger partial charge in [0, 0.05) is 11.6 Å². The van der Waals surface area contributed by atoms with E-state index in [4.69, 9.17) is 4.74 Å². The normalized spacial score (nSPS) is 10.3. The van der Waals surface area contributed by atoms with E-state index in [2.05, 4.69) is 0 Å². The fourth-order valence-electron chi connectivity index (χ4n) is 2.45. The van der Waals surface area contributed by atoms with E-state index < -0.39 is 10.9 Å². The van der Waals surface area contributed by atoms with Gasteiger partial charge in [-0.2, -0.15) is 0 Å². The Morgan fingerprint density at radius 3 is 2.20 bits per heavy atom. The molecule has 25 heavy (non-hydrogen) atoms. The molecule has 3 aromatic carbocycles. The lowest BCUT2D eigenvalue weighted by Gasteiger charge is -2.07. The molecule has 0 radical (unpaired) electrons. The van der Waals surface area contributed by atoms with Crippen LogP contribution in [0.3, 0.4) is 0 Å². The third-order valence-corrected chi connectivity index (χ3v) is 3.81. The number of nitro benzene ring substituents is 1. The number of benzene rings is 3. The number of hydrogen-bond acceptors (Lipinski definition) is 4. The van der Waals surface area contributed by atoms with Crippen molar-refractivity contribution in [2.45, 2.75) is 6.92 Å². The molecule has 3 aromatic rings. The Morgan fingerprint density at radius 1 is 0.920 bits per heavy atom. The molecule has 0 atom stereocenters. The van der Waals surface area contributed by atoms with Crippen molar-refractivity contribution in [3.05, 3.63) is 94.0 Å². The minimum absolute atomic E-state index is 0.103. The minimum atomic E-state index is -0.629.